The van der Waals surface area contributed by atoms with Gasteiger partial charge in [0.05, 0.1) is 11.0 Å². The molecule has 0 radical (unpaired) electrons. The quantitative estimate of drug-likeness (QED) is 0.433. The minimum absolute atomic E-state index is 0.173. The zero-order valence-electron chi connectivity index (χ0n) is 12.6. The van der Waals surface area contributed by atoms with E-state index in [4.69, 9.17) is 0 Å². The van der Waals surface area contributed by atoms with Crippen LogP contribution in [0, 0.1) is 19.7 Å². The van der Waals surface area contributed by atoms with E-state index < -0.39 is 0 Å². The minimum Gasteiger partial charge on any atom is -0.307 e. The number of para-hydroxylation sites is 1. The molecular formula is C20H16FN. The summed E-state index contributed by atoms with van der Waals surface area (Å²) < 4.78 is 16.7. The van der Waals surface area contributed by atoms with Crippen LogP contribution in [-0.2, 0) is 0 Å². The maximum Gasteiger partial charge on any atom is 0.148 e. The minimum atomic E-state index is -0.173. The molecule has 0 saturated carbocycles. The molecule has 2 heteroatoms. The first kappa shape index (κ1) is 13.1. The van der Waals surface area contributed by atoms with Gasteiger partial charge in [-0.05, 0) is 55.8 Å². The molecule has 1 heterocycles. The van der Waals surface area contributed by atoms with Crippen molar-refractivity contribution in [3.8, 4) is 5.69 Å². The molecular weight excluding hydrogens is 273 g/mol. The van der Waals surface area contributed by atoms with Crippen molar-refractivity contribution in [2.24, 2.45) is 0 Å². The van der Waals surface area contributed by atoms with Crippen molar-refractivity contribution in [3.63, 3.8) is 0 Å². The number of halogens is 1. The number of fused-ring (bicyclic) bond motifs is 3. The molecule has 4 rings (SSSR count). The summed E-state index contributed by atoms with van der Waals surface area (Å²) in [5.74, 6) is -0.173. The predicted octanol–water partition coefficient (Wildman–Crippen LogP) is 5.54. The van der Waals surface area contributed by atoms with Crippen molar-refractivity contribution < 1.29 is 4.39 Å². The second-order valence-corrected chi connectivity index (χ2v) is 5.83. The topological polar surface area (TPSA) is 4.93 Å². The second-order valence-electron chi connectivity index (χ2n) is 5.83. The normalized spacial score (nSPS) is 11.4. The predicted molar refractivity (Wildman–Crippen MR) is 90.2 cm³/mol. The molecule has 0 aliphatic carbocycles. The van der Waals surface area contributed by atoms with Crippen LogP contribution in [0.3, 0.4) is 0 Å². The van der Waals surface area contributed by atoms with E-state index in [9.17, 15) is 4.39 Å². The van der Waals surface area contributed by atoms with Gasteiger partial charge >= 0.3 is 0 Å². The van der Waals surface area contributed by atoms with Gasteiger partial charge in [0.1, 0.15) is 5.82 Å². The highest BCUT2D eigenvalue weighted by Gasteiger charge is 2.16. The maximum atomic E-state index is 14.7. The van der Waals surface area contributed by atoms with Gasteiger partial charge in [-0.3, -0.25) is 0 Å². The van der Waals surface area contributed by atoms with Gasteiger partial charge in [0.15, 0.2) is 0 Å². The molecule has 0 N–H and O–H groups in total. The number of nitrogens with zero attached hydrogens (tertiary/aromatic N) is 1. The van der Waals surface area contributed by atoms with Crippen molar-refractivity contribution in [2.45, 2.75) is 13.8 Å². The molecule has 0 saturated heterocycles. The number of rotatable bonds is 1. The van der Waals surface area contributed by atoms with Crippen LogP contribution in [0.15, 0.2) is 60.7 Å². The number of aromatic nitrogens is 1. The Hall–Kier alpha value is -2.61. The fourth-order valence-electron chi connectivity index (χ4n) is 3.19. The summed E-state index contributed by atoms with van der Waals surface area (Å²) in [5, 5.41) is 2.07. The van der Waals surface area contributed by atoms with Crippen LogP contribution in [0.25, 0.3) is 27.5 Å². The molecule has 0 aliphatic rings. The largest absolute Gasteiger partial charge is 0.307 e. The van der Waals surface area contributed by atoms with Gasteiger partial charge in [0.2, 0.25) is 0 Å². The number of hydrogen-bond donors (Lipinski definition) is 0. The van der Waals surface area contributed by atoms with Gasteiger partial charge in [0.25, 0.3) is 0 Å². The van der Waals surface area contributed by atoms with Crippen molar-refractivity contribution >= 4 is 21.8 Å². The van der Waals surface area contributed by atoms with Gasteiger partial charge in [-0.1, -0.05) is 29.8 Å². The average molecular weight is 289 g/mol. The standard InChI is InChI=1S/C20H16FN/c1-13-8-9-19-16(10-13)17-11-14(2)12-18(21)20(17)22(19)15-6-4-3-5-7-15/h3-12H,1-2H3. The summed E-state index contributed by atoms with van der Waals surface area (Å²) in [5.41, 5.74) is 4.79. The van der Waals surface area contributed by atoms with Gasteiger partial charge in [-0.15, -0.1) is 0 Å². The monoisotopic (exact) mass is 289 g/mol. The van der Waals surface area contributed by atoms with E-state index in [0.29, 0.717) is 5.52 Å². The zero-order chi connectivity index (χ0) is 15.3. The van der Waals surface area contributed by atoms with E-state index in [2.05, 4.69) is 31.2 Å². The molecule has 0 unspecified atom stereocenters. The lowest BCUT2D eigenvalue weighted by atomic mass is 10.1. The summed E-state index contributed by atoms with van der Waals surface area (Å²) in [6.07, 6.45) is 0. The molecule has 0 amide bonds. The summed E-state index contributed by atoms with van der Waals surface area (Å²) in [4.78, 5) is 0. The fraction of sp³-hybridized carbons (Fsp3) is 0.100. The summed E-state index contributed by atoms with van der Waals surface area (Å²) in [6.45, 7) is 4.00. The van der Waals surface area contributed by atoms with Crippen LogP contribution < -0.4 is 0 Å². The molecule has 0 spiro atoms. The molecule has 4 aromatic rings. The lowest BCUT2D eigenvalue weighted by Crippen LogP contribution is -1.95. The van der Waals surface area contributed by atoms with Gasteiger partial charge in [0, 0.05) is 16.5 Å². The Kier molecular flexibility index (Phi) is 2.80. The van der Waals surface area contributed by atoms with Crippen LogP contribution >= 0.6 is 0 Å². The highest BCUT2D eigenvalue weighted by atomic mass is 19.1. The van der Waals surface area contributed by atoms with Crippen molar-refractivity contribution in [1.29, 1.82) is 0 Å². The van der Waals surface area contributed by atoms with Gasteiger partial charge in [-0.25, -0.2) is 4.39 Å². The smallest absolute Gasteiger partial charge is 0.148 e. The first-order chi connectivity index (χ1) is 10.6. The lowest BCUT2D eigenvalue weighted by Gasteiger charge is -2.08. The van der Waals surface area contributed by atoms with Gasteiger partial charge in [-0.2, -0.15) is 0 Å². The van der Waals surface area contributed by atoms with Crippen LogP contribution in [0.2, 0.25) is 0 Å². The van der Waals surface area contributed by atoms with E-state index in [0.717, 1.165) is 27.5 Å². The Morgan fingerprint density at radius 2 is 1.50 bits per heavy atom. The second kappa shape index (κ2) is 4.70. The SMILES string of the molecule is Cc1ccc2c(c1)c1cc(C)cc(F)c1n2-c1ccccc1. The third-order valence-corrected chi connectivity index (χ3v) is 4.13. The number of hydrogen-bond acceptors (Lipinski definition) is 0. The molecule has 3 aromatic carbocycles. The molecule has 0 aliphatic heterocycles. The molecule has 0 atom stereocenters. The van der Waals surface area contributed by atoms with Gasteiger partial charge < -0.3 is 4.57 Å². The highest BCUT2D eigenvalue weighted by Crippen LogP contribution is 2.34. The van der Waals surface area contributed by atoms with Crippen LogP contribution in [0.5, 0.6) is 0 Å². The average Bonchev–Trinajstić information content (AvgIpc) is 2.82. The Morgan fingerprint density at radius 1 is 0.773 bits per heavy atom. The van der Waals surface area contributed by atoms with E-state index >= 15 is 0 Å². The summed E-state index contributed by atoms with van der Waals surface area (Å²) >= 11 is 0. The summed E-state index contributed by atoms with van der Waals surface area (Å²) in [6, 6.07) is 19.9. The third-order valence-electron chi connectivity index (χ3n) is 4.13. The Morgan fingerprint density at radius 3 is 2.27 bits per heavy atom. The molecule has 1 aromatic heterocycles. The van der Waals surface area contributed by atoms with Crippen molar-refractivity contribution in [3.05, 3.63) is 77.6 Å². The Balaban J connectivity index is 2.27. The number of aryl methyl sites for hydroxylation is 2. The first-order valence-corrected chi connectivity index (χ1v) is 7.41. The van der Waals surface area contributed by atoms with Crippen molar-refractivity contribution in [2.75, 3.05) is 0 Å². The third kappa shape index (κ3) is 1.84. The van der Waals surface area contributed by atoms with Crippen molar-refractivity contribution in [1.82, 2.24) is 4.57 Å². The zero-order valence-corrected chi connectivity index (χ0v) is 12.6. The molecule has 0 fully saturated rings. The molecule has 1 nitrogen and oxygen atoms in total. The number of benzene rings is 3. The maximum absolute atomic E-state index is 14.7. The van der Waals surface area contributed by atoms with Crippen LogP contribution in [-0.4, -0.2) is 4.57 Å². The first-order valence-electron chi connectivity index (χ1n) is 7.41. The Labute approximate surface area is 128 Å². The Bertz CT molecular complexity index is 997. The van der Waals surface area contributed by atoms with E-state index in [1.807, 2.05) is 41.8 Å². The van der Waals surface area contributed by atoms with Crippen LogP contribution in [0.1, 0.15) is 11.1 Å². The molecule has 108 valence electrons. The molecule has 22 heavy (non-hydrogen) atoms. The lowest BCUT2D eigenvalue weighted by molar-refractivity contribution is 0.634. The fourth-order valence-corrected chi connectivity index (χ4v) is 3.19. The molecule has 0 bridgehead atoms. The van der Waals surface area contributed by atoms with E-state index in [-0.39, 0.29) is 5.82 Å². The highest BCUT2D eigenvalue weighted by molar-refractivity contribution is 6.09. The van der Waals surface area contributed by atoms with Crippen LogP contribution in [0.4, 0.5) is 4.39 Å². The van der Waals surface area contributed by atoms with E-state index in [1.165, 1.54) is 5.56 Å². The summed E-state index contributed by atoms with van der Waals surface area (Å²) in [7, 11) is 0. The van der Waals surface area contributed by atoms with E-state index in [1.54, 1.807) is 6.07 Å².